The van der Waals surface area contributed by atoms with Crippen molar-refractivity contribution in [2.75, 3.05) is 24.3 Å². The smallest absolute Gasteiger partial charge is 0.278 e. The van der Waals surface area contributed by atoms with Crippen LogP contribution in [0.1, 0.15) is 16.1 Å². The molecule has 6 heteroatoms. The molecule has 6 nitrogen and oxygen atoms in total. The van der Waals surface area contributed by atoms with Crippen LogP contribution in [-0.2, 0) is 0 Å². The molecule has 20 heavy (non-hydrogen) atoms. The van der Waals surface area contributed by atoms with Crippen LogP contribution in [0.3, 0.4) is 0 Å². The zero-order valence-electron chi connectivity index (χ0n) is 11.2. The number of nitrogens with one attached hydrogen (secondary N) is 1. The number of carbonyl (C=O) groups excluding carboxylic acids is 1. The van der Waals surface area contributed by atoms with Gasteiger partial charge in [-0.3, -0.25) is 4.79 Å². The number of benzene rings is 1. The Balaban J connectivity index is 2.20. The molecule has 1 N–H and O–H groups in total. The van der Waals surface area contributed by atoms with Gasteiger partial charge in [0.15, 0.2) is 0 Å². The van der Waals surface area contributed by atoms with Crippen molar-refractivity contribution in [3.8, 4) is 6.07 Å². The normalized spacial score (nSPS) is 9.65. The predicted octanol–water partition coefficient (Wildman–Crippen LogP) is 1.67. The first-order valence-electron chi connectivity index (χ1n) is 5.93. The van der Waals surface area contributed by atoms with Gasteiger partial charge in [-0.25, -0.2) is 9.97 Å². The van der Waals surface area contributed by atoms with Gasteiger partial charge in [0.1, 0.15) is 11.5 Å². The highest BCUT2D eigenvalue weighted by Crippen LogP contribution is 2.15. The summed E-state index contributed by atoms with van der Waals surface area (Å²) in [6.45, 7) is 0. The van der Waals surface area contributed by atoms with E-state index in [-0.39, 0.29) is 11.6 Å². The zero-order valence-corrected chi connectivity index (χ0v) is 11.2. The van der Waals surface area contributed by atoms with Gasteiger partial charge in [-0.2, -0.15) is 5.26 Å². The van der Waals surface area contributed by atoms with Gasteiger partial charge in [0.2, 0.25) is 0 Å². The summed E-state index contributed by atoms with van der Waals surface area (Å²) in [7, 11) is 3.38. The second kappa shape index (κ2) is 5.80. The second-order valence-electron chi connectivity index (χ2n) is 4.06. The van der Waals surface area contributed by atoms with Crippen LogP contribution < -0.4 is 10.2 Å². The second-order valence-corrected chi connectivity index (χ2v) is 4.06. The van der Waals surface area contributed by atoms with Crippen molar-refractivity contribution in [3.05, 3.63) is 47.9 Å². The maximum absolute atomic E-state index is 12.2. The van der Waals surface area contributed by atoms with Gasteiger partial charge < -0.3 is 10.2 Å². The number of carbonyl (C=O) groups is 1. The first-order chi connectivity index (χ1) is 9.65. The molecule has 1 aromatic carbocycles. The molecule has 1 aromatic heterocycles. The molecule has 0 saturated heterocycles. The van der Waals surface area contributed by atoms with Crippen molar-refractivity contribution < 1.29 is 4.79 Å². The maximum Gasteiger partial charge on any atom is 0.278 e. The average Bonchev–Trinajstić information content (AvgIpc) is 2.53. The number of anilines is 2. The maximum atomic E-state index is 12.2. The minimum Gasteiger partial charge on any atom is -0.372 e. The lowest BCUT2D eigenvalue weighted by molar-refractivity contribution is 0.0988. The Morgan fingerprint density at radius 1 is 1.25 bits per heavy atom. The Kier molecular flexibility index (Phi) is 3.91. The fourth-order valence-electron chi connectivity index (χ4n) is 1.62. The van der Waals surface area contributed by atoms with Gasteiger partial charge in [-0.15, -0.1) is 0 Å². The summed E-state index contributed by atoms with van der Waals surface area (Å²) in [5.41, 5.74) is 1.50. The minimum atomic E-state index is -0.259. The van der Waals surface area contributed by atoms with E-state index < -0.39 is 0 Å². The van der Waals surface area contributed by atoms with Gasteiger partial charge in [0.25, 0.3) is 5.91 Å². The Labute approximate surface area is 116 Å². The van der Waals surface area contributed by atoms with Crippen LogP contribution in [-0.4, -0.2) is 30.0 Å². The molecule has 0 fully saturated rings. The summed E-state index contributed by atoms with van der Waals surface area (Å²) in [4.78, 5) is 21.8. The first-order valence-corrected chi connectivity index (χ1v) is 5.93. The van der Waals surface area contributed by atoms with Gasteiger partial charge >= 0.3 is 0 Å². The number of nitrogens with zero attached hydrogens (tertiary/aromatic N) is 4. The summed E-state index contributed by atoms with van der Waals surface area (Å²) < 4.78 is 0. The molecule has 0 aliphatic carbocycles. The van der Waals surface area contributed by atoms with Crippen LogP contribution in [0.5, 0.6) is 0 Å². The van der Waals surface area contributed by atoms with E-state index in [9.17, 15) is 4.79 Å². The van der Waals surface area contributed by atoms with E-state index in [1.54, 1.807) is 38.4 Å². The average molecular weight is 267 g/mol. The summed E-state index contributed by atoms with van der Waals surface area (Å²) >= 11 is 0. The van der Waals surface area contributed by atoms with Crippen LogP contribution in [0.4, 0.5) is 11.5 Å². The third-order valence-corrected chi connectivity index (χ3v) is 2.82. The van der Waals surface area contributed by atoms with Crippen molar-refractivity contribution in [1.82, 2.24) is 9.97 Å². The van der Waals surface area contributed by atoms with Gasteiger partial charge in [-0.05, 0) is 24.3 Å². The van der Waals surface area contributed by atoms with Crippen molar-refractivity contribution in [2.45, 2.75) is 0 Å². The Morgan fingerprint density at radius 3 is 2.45 bits per heavy atom. The van der Waals surface area contributed by atoms with Gasteiger partial charge in [0.05, 0.1) is 24.0 Å². The lowest BCUT2D eigenvalue weighted by atomic mass is 10.2. The Bertz CT molecular complexity index is 643. The van der Waals surface area contributed by atoms with Crippen molar-refractivity contribution in [2.24, 2.45) is 0 Å². The van der Waals surface area contributed by atoms with E-state index >= 15 is 0 Å². The van der Waals surface area contributed by atoms with Crippen LogP contribution in [0.2, 0.25) is 0 Å². The summed E-state index contributed by atoms with van der Waals surface area (Å²) in [6.07, 6.45) is 2.92. The van der Waals surface area contributed by atoms with Gasteiger partial charge in [-0.1, -0.05) is 0 Å². The quantitative estimate of drug-likeness (QED) is 0.914. The molecular formula is C14H13N5O. The largest absolute Gasteiger partial charge is 0.372 e. The molecule has 1 amide bonds. The number of hydrogen-bond donors (Lipinski definition) is 1. The predicted molar refractivity (Wildman–Crippen MR) is 75.5 cm³/mol. The summed E-state index contributed by atoms with van der Waals surface area (Å²) in [6, 6.07) is 8.79. The highest BCUT2D eigenvalue weighted by atomic mass is 16.2. The number of amides is 1. The van der Waals surface area contributed by atoms with E-state index in [4.69, 9.17) is 5.26 Å². The molecule has 0 spiro atoms. The molecule has 2 aromatic rings. The number of hydrogen-bond acceptors (Lipinski definition) is 5. The topological polar surface area (TPSA) is 81.9 Å². The third-order valence-electron chi connectivity index (χ3n) is 2.82. The Morgan fingerprint density at radius 2 is 1.95 bits per heavy atom. The molecule has 0 bridgehead atoms. The summed E-state index contributed by atoms with van der Waals surface area (Å²) in [5, 5.41) is 11.6. The first kappa shape index (κ1) is 13.5. The van der Waals surface area contributed by atoms with E-state index in [0.717, 1.165) is 0 Å². The van der Waals surface area contributed by atoms with Crippen LogP contribution in [0, 0.1) is 11.3 Å². The summed E-state index contributed by atoms with van der Waals surface area (Å²) in [5.74, 6) is 0.340. The van der Waals surface area contributed by atoms with E-state index in [1.165, 1.54) is 17.3 Å². The molecular weight excluding hydrogens is 254 g/mol. The van der Waals surface area contributed by atoms with E-state index in [1.807, 2.05) is 6.07 Å². The van der Waals surface area contributed by atoms with Crippen LogP contribution in [0.15, 0.2) is 36.7 Å². The van der Waals surface area contributed by atoms with Crippen molar-refractivity contribution >= 4 is 17.4 Å². The van der Waals surface area contributed by atoms with Crippen molar-refractivity contribution in [1.29, 1.82) is 5.26 Å². The zero-order chi connectivity index (χ0) is 14.5. The van der Waals surface area contributed by atoms with Crippen LogP contribution >= 0.6 is 0 Å². The lowest BCUT2D eigenvalue weighted by Gasteiger charge is -2.16. The fourth-order valence-corrected chi connectivity index (χ4v) is 1.62. The SMILES string of the molecule is CNc1cnc(C(=O)N(C)c2ccc(C#N)cc2)cn1. The molecule has 0 atom stereocenters. The highest BCUT2D eigenvalue weighted by molar-refractivity contribution is 6.04. The van der Waals surface area contributed by atoms with Crippen molar-refractivity contribution in [3.63, 3.8) is 0 Å². The monoisotopic (exact) mass is 267 g/mol. The van der Waals surface area contributed by atoms with E-state index in [0.29, 0.717) is 17.1 Å². The molecule has 100 valence electrons. The highest BCUT2D eigenvalue weighted by Gasteiger charge is 2.15. The van der Waals surface area contributed by atoms with E-state index in [2.05, 4.69) is 15.3 Å². The minimum absolute atomic E-state index is 0.259. The molecule has 0 aliphatic heterocycles. The molecule has 0 aliphatic rings. The molecule has 0 unspecified atom stereocenters. The number of rotatable bonds is 3. The van der Waals surface area contributed by atoms with Gasteiger partial charge in [0, 0.05) is 19.8 Å². The lowest BCUT2D eigenvalue weighted by Crippen LogP contribution is -2.27. The molecule has 1 heterocycles. The molecule has 2 rings (SSSR count). The molecule has 0 radical (unpaired) electrons. The fraction of sp³-hybridized carbons (Fsp3) is 0.143. The Hall–Kier alpha value is -2.94. The third kappa shape index (κ3) is 2.72. The number of nitriles is 1. The molecule has 0 saturated carbocycles. The van der Waals surface area contributed by atoms with Crippen LogP contribution in [0.25, 0.3) is 0 Å². The number of aromatic nitrogens is 2. The standard InChI is InChI=1S/C14H13N5O/c1-16-13-9-17-12(8-18-13)14(20)19(2)11-5-3-10(7-15)4-6-11/h3-6,8-9H,1-2H3,(H,16,18).